The van der Waals surface area contributed by atoms with Crippen molar-refractivity contribution in [3.8, 4) is 16.9 Å². The Morgan fingerprint density at radius 2 is 1.45 bits per heavy atom. The average Bonchev–Trinajstić information content (AvgIpc) is 2.82. The van der Waals surface area contributed by atoms with Gasteiger partial charge < -0.3 is 9.47 Å². The lowest BCUT2D eigenvalue weighted by Gasteiger charge is -2.16. The van der Waals surface area contributed by atoms with E-state index in [0.29, 0.717) is 13.0 Å². The van der Waals surface area contributed by atoms with Crippen LogP contribution in [0, 0.1) is 0 Å². The molecule has 0 radical (unpaired) electrons. The van der Waals surface area contributed by atoms with Crippen molar-refractivity contribution in [2.75, 3.05) is 6.61 Å². The molecule has 0 bridgehead atoms. The van der Waals surface area contributed by atoms with Crippen LogP contribution in [0.15, 0.2) is 78.9 Å². The zero-order valence-electron chi connectivity index (χ0n) is 18.6. The smallest absolute Gasteiger partial charge is 0.123 e. The zero-order chi connectivity index (χ0) is 21.9. The fourth-order valence-electron chi connectivity index (χ4n) is 3.48. The Morgan fingerprint density at radius 1 is 0.806 bits per heavy atom. The summed E-state index contributed by atoms with van der Waals surface area (Å²) in [5.41, 5.74) is 4.48. The summed E-state index contributed by atoms with van der Waals surface area (Å²) in [6.45, 7) is 4.83. The fraction of sp³-hybridized carbons (Fsp3) is 0.357. The van der Waals surface area contributed by atoms with Gasteiger partial charge in [-0.3, -0.25) is 0 Å². The average molecular weight is 421 g/mol. The van der Waals surface area contributed by atoms with E-state index in [9.17, 15) is 4.39 Å². The van der Waals surface area contributed by atoms with Crippen molar-refractivity contribution in [1.29, 1.82) is 0 Å². The minimum absolute atomic E-state index is 0.118. The molecule has 0 amide bonds. The van der Waals surface area contributed by atoms with Crippen LogP contribution in [0.1, 0.15) is 56.8 Å². The van der Waals surface area contributed by atoms with E-state index in [4.69, 9.17) is 9.47 Å². The molecule has 0 aromatic heterocycles. The van der Waals surface area contributed by atoms with E-state index >= 15 is 0 Å². The van der Waals surface area contributed by atoms with Crippen LogP contribution in [0.3, 0.4) is 0 Å². The highest BCUT2D eigenvalue weighted by Gasteiger charge is 2.11. The van der Waals surface area contributed by atoms with Crippen molar-refractivity contribution in [3.63, 3.8) is 0 Å². The topological polar surface area (TPSA) is 18.5 Å². The predicted octanol–water partition coefficient (Wildman–Crippen LogP) is 7.93. The van der Waals surface area contributed by atoms with Gasteiger partial charge in [0.15, 0.2) is 0 Å². The maximum atomic E-state index is 13.9. The Kier molecular flexibility index (Phi) is 9.11. The van der Waals surface area contributed by atoms with E-state index in [1.165, 1.54) is 0 Å². The molecule has 0 saturated heterocycles. The Hall–Kier alpha value is -2.65. The number of alkyl halides is 1. The van der Waals surface area contributed by atoms with E-state index in [1.54, 1.807) is 0 Å². The zero-order valence-corrected chi connectivity index (χ0v) is 18.6. The van der Waals surface area contributed by atoms with Crippen LogP contribution in [0.25, 0.3) is 11.1 Å². The summed E-state index contributed by atoms with van der Waals surface area (Å²) in [5, 5.41) is 0. The van der Waals surface area contributed by atoms with Gasteiger partial charge in [0.1, 0.15) is 18.5 Å². The second-order valence-corrected chi connectivity index (χ2v) is 7.99. The molecule has 0 aliphatic carbocycles. The lowest BCUT2D eigenvalue weighted by molar-refractivity contribution is 0.0248. The monoisotopic (exact) mass is 420 g/mol. The quantitative estimate of drug-likeness (QED) is 0.277. The van der Waals surface area contributed by atoms with Crippen molar-refractivity contribution in [1.82, 2.24) is 0 Å². The van der Waals surface area contributed by atoms with Gasteiger partial charge in [0, 0.05) is 0 Å². The number of halogens is 1. The molecule has 0 aliphatic heterocycles. The van der Waals surface area contributed by atoms with Gasteiger partial charge >= 0.3 is 0 Å². The van der Waals surface area contributed by atoms with Gasteiger partial charge in [0.2, 0.25) is 0 Å². The SMILES string of the molecule is CCCCC[C@@H](F)COC(C)c1ccc(-c2ccc(OCc3ccccc3)cc2)cc1. The van der Waals surface area contributed by atoms with E-state index < -0.39 is 6.17 Å². The highest BCUT2D eigenvalue weighted by atomic mass is 19.1. The molecule has 1 unspecified atom stereocenters. The molecule has 0 N–H and O–H groups in total. The van der Waals surface area contributed by atoms with Crippen molar-refractivity contribution in [2.24, 2.45) is 0 Å². The van der Waals surface area contributed by atoms with Crippen molar-refractivity contribution in [2.45, 2.75) is 58.4 Å². The van der Waals surface area contributed by atoms with Gasteiger partial charge in [-0.05, 0) is 47.7 Å². The van der Waals surface area contributed by atoms with Crippen molar-refractivity contribution < 1.29 is 13.9 Å². The Labute approximate surface area is 186 Å². The molecule has 164 valence electrons. The molecule has 3 heteroatoms. The van der Waals surface area contributed by atoms with Gasteiger partial charge in [-0.1, -0.05) is 92.9 Å². The third kappa shape index (κ3) is 7.52. The maximum Gasteiger partial charge on any atom is 0.123 e. The first kappa shape index (κ1) is 23.0. The predicted molar refractivity (Wildman–Crippen MR) is 126 cm³/mol. The molecular formula is C28H33FO2. The first-order valence-corrected chi connectivity index (χ1v) is 11.3. The molecular weight excluding hydrogens is 387 g/mol. The lowest BCUT2D eigenvalue weighted by atomic mass is 10.0. The van der Waals surface area contributed by atoms with Gasteiger partial charge in [0.25, 0.3) is 0 Å². The molecule has 0 heterocycles. The van der Waals surface area contributed by atoms with Crippen LogP contribution in [0.2, 0.25) is 0 Å². The Morgan fingerprint density at radius 3 is 2.10 bits per heavy atom. The fourth-order valence-corrected chi connectivity index (χ4v) is 3.48. The van der Waals surface area contributed by atoms with E-state index in [-0.39, 0.29) is 12.7 Å². The molecule has 0 saturated carbocycles. The minimum Gasteiger partial charge on any atom is -0.489 e. The number of hydrogen-bond donors (Lipinski definition) is 0. The molecule has 31 heavy (non-hydrogen) atoms. The van der Waals surface area contributed by atoms with Crippen LogP contribution in [-0.4, -0.2) is 12.8 Å². The molecule has 2 atom stereocenters. The van der Waals surface area contributed by atoms with E-state index in [0.717, 1.165) is 47.3 Å². The third-order valence-corrected chi connectivity index (χ3v) is 5.46. The summed E-state index contributed by atoms with van der Waals surface area (Å²) in [7, 11) is 0. The van der Waals surface area contributed by atoms with E-state index in [1.807, 2.05) is 37.3 Å². The molecule has 3 aromatic carbocycles. The van der Waals surface area contributed by atoms with Crippen molar-refractivity contribution in [3.05, 3.63) is 90.0 Å². The highest BCUT2D eigenvalue weighted by Crippen LogP contribution is 2.26. The van der Waals surface area contributed by atoms with Crippen LogP contribution < -0.4 is 4.74 Å². The molecule has 2 nitrogen and oxygen atoms in total. The largest absolute Gasteiger partial charge is 0.489 e. The first-order chi connectivity index (χ1) is 15.2. The van der Waals surface area contributed by atoms with Crippen LogP contribution >= 0.6 is 0 Å². The van der Waals surface area contributed by atoms with Crippen LogP contribution in [-0.2, 0) is 11.3 Å². The Balaban J connectivity index is 1.49. The molecule has 0 aliphatic rings. The van der Waals surface area contributed by atoms with E-state index in [2.05, 4.69) is 55.5 Å². The lowest BCUT2D eigenvalue weighted by Crippen LogP contribution is -2.12. The van der Waals surface area contributed by atoms with Crippen LogP contribution in [0.5, 0.6) is 5.75 Å². The summed E-state index contributed by atoms with van der Waals surface area (Å²) in [6, 6.07) is 26.6. The van der Waals surface area contributed by atoms with Crippen LogP contribution in [0.4, 0.5) is 4.39 Å². The molecule has 3 rings (SSSR count). The summed E-state index contributed by atoms with van der Waals surface area (Å²) in [5.74, 6) is 0.853. The molecule has 0 fully saturated rings. The van der Waals surface area contributed by atoms with Crippen molar-refractivity contribution >= 4 is 0 Å². The minimum atomic E-state index is -0.879. The summed E-state index contributed by atoms with van der Waals surface area (Å²) in [4.78, 5) is 0. The standard InChI is InChI=1S/C28H33FO2/c1-3-4-6-11-27(29)21-30-22(2)24-12-14-25(15-13-24)26-16-18-28(19-17-26)31-20-23-9-7-5-8-10-23/h5,7-10,12-19,22,27H,3-4,6,11,20-21H2,1-2H3/t22?,27-/m1/s1. The Bertz CT molecular complexity index is 875. The third-order valence-electron chi connectivity index (χ3n) is 5.46. The first-order valence-electron chi connectivity index (χ1n) is 11.3. The number of rotatable bonds is 12. The maximum absolute atomic E-state index is 13.9. The summed E-state index contributed by atoms with van der Waals surface area (Å²) in [6.07, 6.45) is 2.71. The summed E-state index contributed by atoms with van der Waals surface area (Å²) >= 11 is 0. The van der Waals surface area contributed by atoms with Gasteiger partial charge in [-0.15, -0.1) is 0 Å². The highest BCUT2D eigenvalue weighted by molar-refractivity contribution is 5.64. The number of benzene rings is 3. The summed E-state index contributed by atoms with van der Waals surface area (Å²) < 4.78 is 25.6. The van der Waals surface area contributed by atoms with Gasteiger partial charge in [0.05, 0.1) is 12.7 Å². The number of ether oxygens (including phenoxy) is 2. The second kappa shape index (κ2) is 12.3. The van der Waals surface area contributed by atoms with Gasteiger partial charge in [-0.2, -0.15) is 0 Å². The molecule has 3 aromatic rings. The number of hydrogen-bond acceptors (Lipinski definition) is 2. The van der Waals surface area contributed by atoms with Gasteiger partial charge in [-0.25, -0.2) is 4.39 Å². The second-order valence-electron chi connectivity index (χ2n) is 7.99. The normalized spacial score (nSPS) is 13.0. The number of unbranched alkanes of at least 4 members (excludes halogenated alkanes) is 2. The molecule has 0 spiro atoms.